The third kappa shape index (κ3) is 26.8. The molecular weight excluding hydrogens is 1130 g/mol. The summed E-state index contributed by atoms with van der Waals surface area (Å²) in [5, 5.41) is 40.4. The van der Waals surface area contributed by atoms with Crippen molar-refractivity contribution in [2.24, 2.45) is 62.1 Å². The minimum Gasteiger partial charge on any atom is -0.480 e. The molecule has 1 fully saturated rings. The van der Waals surface area contributed by atoms with Crippen molar-refractivity contribution < 1.29 is 63.0 Å². The van der Waals surface area contributed by atoms with Crippen LogP contribution in [0.5, 0.6) is 0 Å². The van der Waals surface area contributed by atoms with Crippen LogP contribution in [0.4, 0.5) is 0 Å². The van der Waals surface area contributed by atoms with Crippen molar-refractivity contribution in [1.29, 1.82) is 0 Å². The molecule has 1 aliphatic rings. The minimum absolute atomic E-state index is 0.000871. The van der Waals surface area contributed by atoms with E-state index in [2.05, 4.69) is 65.1 Å². The predicted molar refractivity (Wildman–Crippen MR) is 319 cm³/mol. The van der Waals surface area contributed by atoms with Gasteiger partial charge in [-0.3, -0.25) is 57.9 Å². The van der Waals surface area contributed by atoms with Crippen molar-refractivity contribution in [3.05, 3.63) is 35.9 Å². The lowest BCUT2D eigenvalue weighted by Crippen LogP contribution is -2.61. The first kappa shape index (κ1) is 73.3. The number of aliphatic imine (C=N–C) groups is 2. The van der Waals surface area contributed by atoms with Crippen LogP contribution < -0.4 is 76.9 Å². The van der Waals surface area contributed by atoms with Gasteiger partial charge in [-0.2, -0.15) is 12.6 Å². The Labute approximate surface area is 500 Å². The maximum absolute atomic E-state index is 14.6. The van der Waals surface area contributed by atoms with E-state index in [-0.39, 0.29) is 107 Å². The minimum atomic E-state index is -1.76. The number of amides is 10. The molecule has 31 heteroatoms. The second-order valence-electron chi connectivity index (χ2n) is 22.0. The smallest absolute Gasteiger partial charge is 0.326 e. The molecule has 1 heterocycles. The Kier molecular flexibility index (Phi) is 32.3. The van der Waals surface area contributed by atoms with Crippen LogP contribution in [-0.4, -0.2) is 184 Å². The van der Waals surface area contributed by atoms with Crippen molar-refractivity contribution in [3.8, 4) is 0 Å². The van der Waals surface area contributed by atoms with Gasteiger partial charge in [-0.1, -0.05) is 71.9 Å². The van der Waals surface area contributed by atoms with E-state index in [0.717, 1.165) is 5.56 Å². The van der Waals surface area contributed by atoms with Crippen molar-refractivity contribution in [3.63, 3.8) is 0 Å². The number of aliphatic hydroxyl groups excluding tert-OH is 1. The van der Waals surface area contributed by atoms with Gasteiger partial charge in [0.2, 0.25) is 59.1 Å². The molecule has 0 aliphatic carbocycles. The van der Waals surface area contributed by atoms with Crippen molar-refractivity contribution in [1.82, 2.24) is 47.4 Å². The van der Waals surface area contributed by atoms with E-state index in [9.17, 15) is 63.0 Å². The third-order valence-corrected chi connectivity index (χ3v) is 13.8. The number of aliphatic hydroxyl groups is 1. The molecule has 0 spiro atoms. The normalized spacial score (nSPS) is 16.1. The van der Waals surface area contributed by atoms with Crippen LogP contribution in [0.1, 0.15) is 111 Å². The topological polar surface area (TPSA) is 509 Å². The number of aliphatic carboxylic acids is 1. The van der Waals surface area contributed by atoms with Crippen LogP contribution >= 0.6 is 12.6 Å². The fourth-order valence-electron chi connectivity index (χ4n) is 9.02. The number of primary amides is 1. The number of carbonyl (C=O) groups is 11. The molecule has 0 radical (unpaired) electrons. The molecule has 0 aromatic heterocycles. The third-order valence-electron chi connectivity index (χ3n) is 13.5. The molecule has 0 saturated carbocycles. The van der Waals surface area contributed by atoms with E-state index in [1.54, 1.807) is 27.7 Å². The SMILES string of the molecule is CC(C)C[C@H](NC(=O)[C@H](CO)NC(=O)[C@H](CCCN=C(N)N)NC(=O)[C@@H]1CCCN1C(=O)[C@H](CCCN=C(N)N)NC(=O)[C@H](CC(C)C)NC(=O)[C@@H](N)Cc1ccccc1)C(=O)N[C@@H](CCC(N)=O)C(=O)N[C@@H](CS)C(=O)N[C@H](C(=O)O)C(C)C. The summed E-state index contributed by atoms with van der Waals surface area (Å²) in [6.07, 6.45) is 0.130. The van der Waals surface area contributed by atoms with Crippen LogP contribution in [0.3, 0.4) is 0 Å². The molecule has 1 aromatic rings. The molecule has 1 aromatic carbocycles. The summed E-state index contributed by atoms with van der Waals surface area (Å²) in [6, 6.07) is -4.39. The van der Waals surface area contributed by atoms with E-state index in [0.29, 0.717) is 6.42 Å². The molecule has 22 N–H and O–H groups in total. The number of likely N-dealkylation sites (tertiary alicyclic amines) is 1. The first-order chi connectivity index (χ1) is 40.0. The largest absolute Gasteiger partial charge is 0.480 e. The van der Waals surface area contributed by atoms with Crippen molar-refractivity contribution in [2.75, 3.05) is 32.0 Å². The molecule has 10 atom stereocenters. The molecule has 10 amide bonds. The number of thiol groups is 1. The summed E-state index contributed by atoms with van der Waals surface area (Å²) in [6.45, 7) is 9.36. The lowest BCUT2D eigenvalue weighted by atomic mass is 10.0. The highest BCUT2D eigenvalue weighted by Crippen LogP contribution is 2.21. The highest BCUT2D eigenvalue weighted by Gasteiger charge is 2.41. The summed E-state index contributed by atoms with van der Waals surface area (Å²) < 4.78 is 0. The second kappa shape index (κ2) is 37.5. The number of nitrogens with two attached hydrogens (primary N) is 6. The van der Waals surface area contributed by atoms with E-state index in [4.69, 9.17) is 34.4 Å². The quantitative estimate of drug-likeness (QED) is 0.0129. The zero-order chi connectivity index (χ0) is 64.1. The Morgan fingerprint density at radius 1 is 0.600 bits per heavy atom. The number of carboxylic acids is 1. The molecular formula is C54H91N17O13S. The van der Waals surface area contributed by atoms with Crippen molar-refractivity contribution in [2.45, 2.75) is 173 Å². The highest BCUT2D eigenvalue weighted by molar-refractivity contribution is 7.80. The Balaban J connectivity index is 2.41. The van der Waals surface area contributed by atoms with Crippen LogP contribution in [0.15, 0.2) is 40.3 Å². The molecule has 85 heavy (non-hydrogen) atoms. The average Bonchev–Trinajstić information content (AvgIpc) is 4.21. The zero-order valence-electron chi connectivity index (χ0n) is 49.3. The number of hydrogen-bond donors (Lipinski definition) is 17. The standard InChI is InChI=1S/C54H91N17O13S/c1-28(2)23-36(66-43(74)32(55)25-31-13-8-7-9-14-31)47(78)65-35(16-11-21-62-54(59)60)51(82)71-22-12-17-40(71)50(81)64-33(15-10-20-61-53(57)58)44(75)68-38(26-72)48(79)67-37(24-29(3)4)46(77)63-34(18-19-41(56)73)45(76)69-39(27-85)49(80)70-42(30(5)6)52(83)84/h7-9,13-14,28-30,32-40,42,72,85H,10-12,15-27,55H2,1-6H3,(H2,56,73)(H,63,77)(H,64,81)(H,65,78)(H,66,74)(H,67,79)(H,68,75)(H,69,76)(H,70,80)(H,83,84)(H4,57,58,61)(H4,59,60,62)/t32-,33-,34-,35-,36-,37-,38-,39-,40-,42-/m0/s1. The molecule has 476 valence electrons. The predicted octanol–water partition coefficient (Wildman–Crippen LogP) is -4.45. The first-order valence-electron chi connectivity index (χ1n) is 28.4. The van der Waals surface area contributed by atoms with Gasteiger partial charge in [0.15, 0.2) is 11.9 Å². The number of benzene rings is 1. The fraction of sp³-hybridized carbons (Fsp3) is 0.648. The highest BCUT2D eigenvalue weighted by atomic mass is 32.1. The first-order valence-corrected chi connectivity index (χ1v) is 29.0. The van der Waals surface area contributed by atoms with Gasteiger partial charge in [-0.05, 0) is 87.5 Å². The van der Waals surface area contributed by atoms with E-state index in [1.807, 2.05) is 44.2 Å². The maximum atomic E-state index is 14.6. The van der Waals surface area contributed by atoms with Crippen LogP contribution in [-0.2, 0) is 59.2 Å². The number of hydrogen-bond acceptors (Lipinski definition) is 16. The lowest BCUT2D eigenvalue weighted by Gasteiger charge is -2.31. The second-order valence-corrected chi connectivity index (χ2v) is 22.4. The van der Waals surface area contributed by atoms with Gasteiger partial charge in [-0.25, -0.2) is 4.79 Å². The number of rotatable bonds is 38. The van der Waals surface area contributed by atoms with Gasteiger partial charge >= 0.3 is 5.97 Å². The maximum Gasteiger partial charge on any atom is 0.326 e. The van der Waals surface area contributed by atoms with Gasteiger partial charge in [0.1, 0.15) is 54.4 Å². The summed E-state index contributed by atoms with van der Waals surface area (Å²) in [4.78, 5) is 158. The molecule has 1 aliphatic heterocycles. The van der Waals surface area contributed by atoms with Gasteiger partial charge in [0, 0.05) is 31.8 Å². The number of nitrogens with one attached hydrogen (secondary N) is 8. The zero-order valence-corrected chi connectivity index (χ0v) is 50.2. The fourth-order valence-corrected chi connectivity index (χ4v) is 9.28. The Hall–Kier alpha value is -7.80. The van der Waals surface area contributed by atoms with E-state index < -0.39 is 144 Å². The number of nitrogens with zero attached hydrogens (tertiary/aromatic N) is 3. The van der Waals surface area contributed by atoms with Gasteiger partial charge in [0.25, 0.3) is 0 Å². The monoisotopic (exact) mass is 1220 g/mol. The van der Waals surface area contributed by atoms with Crippen molar-refractivity contribution >= 4 is 89.6 Å². The summed E-state index contributed by atoms with van der Waals surface area (Å²) in [7, 11) is 0. The van der Waals surface area contributed by atoms with Gasteiger partial charge in [0.05, 0.1) is 12.6 Å². The van der Waals surface area contributed by atoms with Gasteiger partial charge in [-0.15, -0.1) is 0 Å². The number of carboxylic acid groups (broad SMARTS) is 1. The Morgan fingerprint density at radius 2 is 1.05 bits per heavy atom. The molecule has 2 rings (SSSR count). The lowest BCUT2D eigenvalue weighted by molar-refractivity contribution is -0.143. The average molecular weight is 1220 g/mol. The summed E-state index contributed by atoms with van der Waals surface area (Å²) in [5.74, 6) is -11.5. The molecule has 0 unspecified atom stereocenters. The summed E-state index contributed by atoms with van der Waals surface area (Å²) in [5.41, 5.74) is 34.6. The van der Waals surface area contributed by atoms with Crippen LogP contribution in [0, 0.1) is 17.8 Å². The summed E-state index contributed by atoms with van der Waals surface area (Å²) >= 11 is 4.13. The van der Waals surface area contributed by atoms with Crippen LogP contribution in [0.25, 0.3) is 0 Å². The van der Waals surface area contributed by atoms with Gasteiger partial charge < -0.3 is 92.0 Å². The molecule has 1 saturated heterocycles. The Morgan fingerprint density at radius 3 is 1.53 bits per heavy atom. The number of guanidine groups is 2. The van der Waals surface area contributed by atoms with E-state index in [1.165, 1.54) is 4.90 Å². The van der Waals surface area contributed by atoms with E-state index >= 15 is 0 Å². The van der Waals surface area contributed by atoms with Crippen LogP contribution in [0.2, 0.25) is 0 Å². The Bertz CT molecular complexity index is 2480. The number of carbonyl (C=O) groups excluding carboxylic acids is 10. The molecule has 30 nitrogen and oxygen atoms in total. The molecule has 0 bridgehead atoms.